The summed E-state index contributed by atoms with van der Waals surface area (Å²) in [7, 11) is 1.98. The van der Waals surface area contributed by atoms with Crippen LogP contribution in [0, 0.1) is 13.8 Å². The van der Waals surface area contributed by atoms with E-state index in [1.54, 1.807) is 0 Å². The van der Waals surface area contributed by atoms with Gasteiger partial charge in [-0.05, 0) is 47.4 Å². The van der Waals surface area contributed by atoms with Crippen LogP contribution in [0.5, 0.6) is 0 Å². The van der Waals surface area contributed by atoms with Gasteiger partial charge in [-0.2, -0.15) is 5.10 Å². The van der Waals surface area contributed by atoms with Crippen molar-refractivity contribution in [3.63, 3.8) is 0 Å². The Kier molecular flexibility index (Phi) is 5.47. The van der Waals surface area contributed by atoms with Crippen molar-refractivity contribution >= 4 is 27.5 Å². The number of nitrogens with one attached hydrogen (secondary N) is 1. The summed E-state index contributed by atoms with van der Waals surface area (Å²) in [4.78, 5) is 0. The van der Waals surface area contributed by atoms with Crippen LogP contribution in [0.1, 0.15) is 35.5 Å². The molecule has 0 amide bonds. The van der Waals surface area contributed by atoms with E-state index in [-0.39, 0.29) is 6.04 Å². The Balaban J connectivity index is 2.38. The van der Waals surface area contributed by atoms with E-state index in [2.05, 4.69) is 45.4 Å². The molecule has 3 nitrogen and oxygen atoms in total. The molecular weight excluding hydrogens is 350 g/mol. The molecule has 0 saturated heterocycles. The van der Waals surface area contributed by atoms with Crippen molar-refractivity contribution in [1.82, 2.24) is 15.1 Å². The maximum absolute atomic E-state index is 6.50. The number of aromatic nitrogens is 2. The van der Waals surface area contributed by atoms with Gasteiger partial charge in [0.1, 0.15) is 0 Å². The van der Waals surface area contributed by atoms with E-state index >= 15 is 0 Å². The van der Waals surface area contributed by atoms with Crippen molar-refractivity contribution in [2.24, 2.45) is 7.05 Å². The molecule has 1 heterocycles. The molecule has 5 heteroatoms. The standard InChI is InChI=1S/C16H21BrClN3/c1-5-19-13(12-8-6-7-10(2)16(12)18)9-14-15(17)11(3)20-21(14)4/h6-8,13,19H,5,9H2,1-4H3. The van der Waals surface area contributed by atoms with Crippen LogP contribution in [0.3, 0.4) is 0 Å². The number of halogens is 2. The minimum Gasteiger partial charge on any atom is -0.310 e. The molecule has 0 bridgehead atoms. The lowest BCUT2D eigenvalue weighted by atomic mass is 9.99. The fraction of sp³-hybridized carbons (Fsp3) is 0.438. The smallest absolute Gasteiger partial charge is 0.0738 e. The molecule has 114 valence electrons. The van der Waals surface area contributed by atoms with Crippen LogP contribution < -0.4 is 5.32 Å². The summed E-state index contributed by atoms with van der Waals surface area (Å²) < 4.78 is 3.02. The Bertz CT molecular complexity index is 637. The molecule has 1 aromatic heterocycles. The number of hydrogen-bond donors (Lipinski definition) is 1. The van der Waals surface area contributed by atoms with Crippen LogP contribution in [-0.2, 0) is 13.5 Å². The van der Waals surface area contributed by atoms with Gasteiger partial charge < -0.3 is 5.32 Å². The molecule has 0 aliphatic carbocycles. The third-order valence-electron chi connectivity index (χ3n) is 3.71. The van der Waals surface area contributed by atoms with Gasteiger partial charge in [0.15, 0.2) is 0 Å². The predicted octanol–water partition coefficient (Wildman–Crippen LogP) is 4.35. The maximum atomic E-state index is 6.50. The van der Waals surface area contributed by atoms with Gasteiger partial charge in [0.25, 0.3) is 0 Å². The van der Waals surface area contributed by atoms with E-state index in [0.29, 0.717) is 0 Å². The van der Waals surface area contributed by atoms with Gasteiger partial charge in [-0.3, -0.25) is 4.68 Å². The fourth-order valence-corrected chi connectivity index (χ4v) is 3.33. The second-order valence-corrected chi connectivity index (χ2v) is 6.43. The van der Waals surface area contributed by atoms with Crippen LogP contribution in [0.4, 0.5) is 0 Å². The van der Waals surface area contributed by atoms with E-state index in [4.69, 9.17) is 11.6 Å². The Morgan fingerprint density at radius 2 is 2.10 bits per heavy atom. The van der Waals surface area contributed by atoms with Gasteiger partial charge in [0, 0.05) is 24.5 Å². The van der Waals surface area contributed by atoms with Gasteiger partial charge >= 0.3 is 0 Å². The van der Waals surface area contributed by atoms with Gasteiger partial charge in [-0.25, -0.2) is 0 Å². The fourth-order valence-electron chi connectivity index (χ4n) is 2.57. The molecule has 1 atom stereocenters. The summed E-state index contributed by atoms with van der Waals surface area (Å²) in [5.41, 5.74) is 4.44. The number of aryl methyl sites for hydroxylation is 3. The molecule has 2 rings (SSSR count). The third-order valence-corrected chi connectivity index (χ3v) is 5.25. The first-order valence-electron chi connectivity index (χ1n) is 7.12. The Labute approximate surface area is 139 Å². The number of likely N-dealkylation sites (N-methyl/N-ethyl adjacent to an activating group) is 1. The highest BCUT2D eigenvalue weighted by atomic mass is 79.9. The first-order chi connectivity index (χ1) is 9.95. The lowest BCUT2D eigenvalue weighted by Gasteiger charge is -2.21. The molecule has 0 saturated carbocycles. The summed E-state index contributed by atoms with van der Waals surface area (Å²) in [5, 5.41) is 8.85. The Morgan fingerprint density at radius 1 is 1.38 bits per heavy atom. The van der Waals surface area contributed by atoms with Crippen molar-refractivity contribution in [1.29, 1.82) is 0 Å². The van der Waals surface area contributed by atoms with Crippen molar-refractivity contribution in [2.75, 3.05) is 6.54 Å². The number of rotatable bonds is 5. The second-order valence-electron chi connectivity index (χ2n) is 5.26. The number of nitrogens with zero attached hydrogens (tertiary/aromatic N) is 2. The summed E-state index contributed by atoms with van der Waals surface area (Å²) in [6.07, 6.45) is 0.842. The van der Waals surface area contributed by atoms with Crippen molar-refractivity contribution in [2.45, 2.75) is 33.2 Å². The van der Waals surface area contributed by atoms with E-state index in [9.17, 15) is 0 Å². The van der Waals surface area contributed by atoms with Crippen molar-refractivity contribution in [3.05, 3.63) is 50.2 Å². The van der Waals surface area contributed by atoms with Crippen molar-refractivity contribution < 1.29 is 0 Å². The average molecular weight is 371 g/mol. The summed E-state index contributed by atoms with van der Waals surface area (Å²) >= 11 is 10.1. The first kappa shape index (κ1) is 16.5. The van der Waals surface area contributed by atoms with E-state index in [0.717, 1.165) is 39.3 Å². The third kappa shape index (κ3) is 3.50. The molecule has 0 aliphatic heterocycles. The highest BCUT2D eigenvalue weighted by Gasteiger charge is 2.20. The van der Waals surface area contributed by atoms with E-state index < -0.39 is 0 Å². The topological polar surface area (TPSA) is 29.9 Å². The number of hydrogen-bond acceptors (Lipinski definition) is 2. The van der Waals surface area contributed by atoms with Gasteiger partial charge in [-0.1, -0.05) is 36.7 Å². The normalized spacial score (nSPS) is 12.7. The summed E-state index contributed by atoms with van der Waals surface area (Å²) in [6.45, 7) is 7.05. The molecule has 1 N–H and O–H groups in total. The molecule has 1 aromatic carbocycles. The Hall–Kier alpha value is -0.840. The summed E-state index contributed by atoms with van der Waals surface area (Å²) in [5.74, 6) is 0. The average Bonchev–Trinajstić information content (AvgIpc) is 2.68. The number of benzene rings is 1. The SMILES string of the molecule is CCNC(Cc1c(Br)c(C)nn1C)c1cccc(C)c1Cl. The van der Waals surface area contributed by atoms with E-state index in [1.807, 2.05) is 31.6 Å². The highest BCUT2D eigenvalue weighted by molar-refractivity contribution is 9.10. The Morgan fingerprint density at radius 3 is 2.67 bits per heavy atom. The van der Waals surface area contributed by atoms with Crippen LogP contribution in [0.25, 0.3) is 0 Å². The monoisotopic (exact) mass is 369 g/mol. The van der Waals surface area contributed by atoms with E-state index in [1.165, 1.54) is 5.69 Å². The highest BCUT2D eigenvalue weighted by Crippen LogP contribution is 2.31. The zero-order chi connectivity index (χ0) is 15.6. The predicted molar refractivity (Wildman–Crippen MR) is 92.0 cm³/mol. The molecule has 2 aromatic rings. The maximum Gasteiger partial charge on any atom is 0.0738 e. The molecule has 0 aliphatic rings. The first-order valence-corrected chi connectivity index (χ1v) is 8.29. The molecule has 0 spiro atoms. The van der Waals surface area contributed by atoms with Crippen LogP contribution in [-0.4, -0.2) is 16.3 Å². The molecule has 0 radical (unpaired) electrons. The second kappa shape index (κ2) is 6.95. The molecule has 21 heavy (non-hydrogen) atoms. The van der Waals surface area contributed by atoms with Gasteiger partial charge in [-0.15, -0.1) is 0 Å². The van der Waals surface area contributed by atoms with Gasteiger partial charge in [0.2, 0.25) is 0 Å². The lowest BCUT2D eigenvalue weighted by molar-refractivity contribution is 0.527. The van der Waals surface area contributed by atoms with Gasteiger partial charge in [0.05, 0.1) is 15.9 Å². The quantitative estimate of drug-likeness (QED) is 0.848. The molecule has 0 fully saturated rings. The lowest BCUT2D eigenvalue weighted by Crippen LogP contribution is -2.24. The minimum absolute atomic E-state index is 0.175. The molecule has 1 unspecified atom stereocenters. The minimum atomic E-state index is 0.175. The largest absolute Gasteiger partial charge is 0.310 e. The van der Waals surface area contributed by atoms with Crippen LogP contribution in [0.2, 0.25) is 5.02 Å². The zero-order valence-electron chi connectivity index (χ0n) is 12.9. The zero-order valence-corrected chi connectivity index (χ0v) is 15.2. The van der Waals surface area contributed by atoms with Crippen molar-refractivity contribution in [3.8, 4) is 0 Å². The van der Waals surface area contributed by atoms with Crippen LogP contribution in [0.15, 0.2) is 22.7 Å². The van der Waals surface area contributed by atoms with Crippen LogP contribution >= 0.6 is 27.5 Å². The molecular formula is C16H21BrClN3. The summed E-state index contributed by atoms with van der Waals surface area (Å²) in [6, 6.07) is 6.37.